The second-order valence-electron chi connectivity index (χ2n) is 19.7. The number of nitrogens with one attached hydrogen (secondary N) is 1. The fraction of sp³-hybridized carbons (Fsp3) is 0.452. The van der Waals surface area contributed by atoms with Crippen LogP contribution in [0.4, 0.5) is 32.3 Å². The molecule has 7 rings (SSSR count). The van der Waals surface area contributed by atoms with Crippen LogP contribution in [0.1, 0.15) is 75.9 Å². The van der Waals surface area contributed by atoms with Crippen molar-refractivity contribution in [3.8, 4) is 23.0 Å². The molecular weight excluding hydrogens is 1130 g/mol. The van der Waals surface area contributed by atoms with Gasteiger partial charge in [-0.2, -0.15) is 0 Å². The highest BCUT2D eigenvalue weighted by Crippen LogP contribution is 2.41. The molecule has 1 atom stereocenters. The highest BCUT2D eigenvalue weighted by Gasteiger charge is 2.29. The summed E-state index contributed by atoms with van der Waals surface area (Å²) in [5.41, 5.74) is 10.4. The van der Waals surface area contributed by atoms with Crippen LogP contribution in [-0.4, -0.2) is 164 Å². The van der Waals surface area contributed by atoms with E-state index < -0.39 is 22.2 Å². The largest absolute Gasteiger partial charge is 0.513 e. The molecule has 0 amide bonds. The van der Waals surface area contributed by atoms with Gasteiger partial charge >= 0.3 is 12.3 Å². The molecule has 0 fully saturated rings. The Hall–Kier alpha value is -8.46. The number of allylic oxidation sites excluding steroid dienone is 3. The second-order valence-corrected chi connectivity index (χ2v) is 19.7. The first kappa shape index (κ1) is 66.1. The smallest absolute Gasteiger partial charge is 0.487 e. The van der Waals surface area contributed by atoms with Gasteiger partial charge in [0, 0.05) is 68.4 Å². The average Bonchev–Trinajstić information content (AvgIpc) is 2.01. The number of fused-ring (bicyclic) bond motifs is 5. The number of ether oxygens (including phenoxy) is 12. The van der Waals surface area contributed by atoms with Gasteiger partial charge in [0.25, 0.3) is 11.4 Å². The van der Waals surface area contributed by atoms with E-state index in [-0.39, 0.29) is 68.6 Å². The SMILES string of the molecule is CCc1c2[nH]c(c1CC)CC1N=C(C=Nc3cc(OCCOCCOCCOC)c(OCCOCCOCCOC)cc3N=CC3=NC(=C2)C(CCCOC(=O)Oc2ccc([N+](=O)[O-])cc2)=C3C)C(C)=C1CCCOC(=O)Oc1ccc([N+](=O)[O-])cc1. The number of carbonyl (C=O) groups is 2. The number of aromatic amines is 1. The predicted octanol–water partition coefficient (Wildman–Crippen LogP) is 11.0. The summed E-state index contributed by atoms with van der Waals surface area (Å²) >= 11 is 0. The quantitative estimate of drug-likeness (QED) is 0.0149. The molecule has 0 radical (unpaired) electrons. The number of aliphatic imine (C=N–C) groups is 4. The van der Waals surface area contributed by atoms with Crippen molar-refractivity contribution in [3.63, 3.8) is 0 Å². The van der Waals surface area contributed by atoms with Crippen molar-refractivity contribution in [1.82, 2.24) is 4.98 Å². The van der Waals surface area contributed by atoms with E-state index in [1.54, 1.807) is 38.8 Å². The summed E-state index contributed by atoms with van der Waals surface area (Å²) in [6.07, 6.45) is 7.35. The number of hydrogen-bond acceptors (Lipinski definition) is 22. The third kappa shape index (κ3) is 19.8. The fourth-order valence-electron chi connectivity index (χ4n) is 9.64. The van der Waals surface area contributed by atoms with Crippen LogP contribution in [0.25, 0.3) is 6.08 Å². The second kappa shape index (κ2) is 34.6. The molecule has 4 heterocycles. The van der Waals surface area contributed by atoms with Crippen LogP contribution in [0.3, 0.4) is 0 Å². The number of carbonyl (C=O) groups excluding carboxylic acids is 2. The molecule has 1 unspecified atom stereocenters. The molecule has 0 saturated heterocycles. The molecule has 3 aliphatic heterocycles. The molecule has 0 spiro atoms. The van der Waals surface area contributed by atoms with Crippen LogP contribution < -0.4 is 18.9 Å². The Balaban J connectivity index is 1.21. The van der Waals surface area contributed by atoms with E-state index in [0.29, 0.717) is 125 Å². The number of hydrogen-bond donors (Lipinski definition) is 1. The number of benzene rings is 3. The van der Waals surface area contributed by atoms with Gasteiger partial charge in [0.1, 0.15) is 24.7 Å². The zero-order valence-electron chi connectivity index (χ0n) is 50.0. The van der Waals surface area contributed by atoms with E-state index in [9.17, 15) is 29.8 Å². The first-order valence-corrected chi connectivity index (χ1v) is 28.8. The highest BCUT2D eigenvalue weighted by molar-refractivity contribution is 6.40. The number of non-ortho nitro benzene ring substituents is 2. The van der Waals surface area contributed by atoms with Gasteiger partial charge in [0.15, 0.2) is 11.5 Å². The van der Waals surface area contributed by atoms with Gasteiger partial charge in [-0.1, -0.05) is 13.8 Å². The van der Waals surface area contributed by atoms with Gasteiger partial charge < -0.3 is 61.8 Å². The lowest BCUT2D eigenvalue weighted by molar-refractivity contribution is -0.385. The summed E-state index contributed by atoms with van der Waals surface area (Å²) in [7, 11) is 3.22. The standard InChI is InChI=1S/C62H75N7O18/c1-7-47-48(8-2)52-36-54-50(12-10-22-85-62(71)87-46-19-15-44(16-20-46)69(74)75)42(4)58(67-54)40-64-56-38-60(83-34-32-81-30-28-79-26-24-77-6)59(82-33-31-80-29-27-78-25-23-76-5)37-55(56)63-39-57-41(3)49(53(66-57)35-51(47)65-52)11-9-21-84-61(70)86-45-17-13-43(14-18-45)68(72)73/h13-20,35,37-40,54,65H,7-12,21-34,36H2,1-6H3. The third-order valence-corrected chi connectivity index (χ3v) is 14.0. The van der Waals surface area contributed by atoms with Gasteiger partial charge in [0.05, 0.1) is 136 Å². The topological polar surface area (TPSA) is 296 Å². The number of nitrogens with zero attached hydrogens (tertiary/aromatic N) is 6. The zero-order chi connectivity index (χ0) is 61.9. The third-order valence-electron chi connectivity index (χ3n) is 14.0. The number of aromatic nitrogens is 1. The Morgan fingerprint density at radius 1 is 0.598 bits per heavy atom. The molecule has 6 bridgehead atoms. The number of rotatable bonds is 34. The van der Waals surface area contributed by atoms with Crippen molar-refractivity contribution < 1.29 is 76.3 Å². The van der Waals surface area contributed by atoms with Gasteiger partial charge in [-0.25, -0.2) is 14.6 Å². The van der Waals surface area contributed by atoms with Gasteiger partial charge in [-0.3, -0.25) is 35.2 Å². The Bertz CT molecular complexity index is 3220. The molecule has 3 aromatic carbocycles. The van der Waals surface area contributed by atoms with Crippen LogP contribution in [0.15, 0.2) is 109 Å². The van der Waals surface area contributed by atoms with Crippen LogP contribution in [0.2, 0.25) is 0 Å². The van der Waals surface area contributed by atoms with Crippen LogP contribution in [0, 0.1) is 20.2 Å². The van der Waals surface area contributed by atoms with Crippen LogP contribution >= 0.6 is 0 Å². The minimum absolute atomic E-state index is 0.00484. The first-order chi connectivity index (χ1) is 42.3. The number of nitro groups is 2. The number of methoxy groups -OCH3 is 2. The molecule has 1 N–H and O–H groups in total. The Kier molecular flexibility index (Phi) is 26.3. The molecule has 4 aromatic rings. The molecule has 0 saturated carbocycles. The molecule has 466 valence electrons. The Labute approximate surface area is 504 Å². The zero-order valence-corrected chi connectivity index (χ0v) is 50.0. The van der Waals surface area contributed by atoms with Crippen LogP contribution in [-0.2, 0) is 57.2 Å². The summed E-state index contributed by atoms with van der Waals surface area (Å²) in [6.45, 7) is 12.4. The maximum Gasteiger partial charge on any atom is 0.513 e. The lowest BCUT2D eigenvalue weighted by Gasteiger charge is -2.15. The van der Waals surface area contributed by atoms with E-state index >= 15 is 0 Å². The molecule has 25 nitrogen and oxygen atoms in total. The maximum absolute atomic E-state index is 12.8. The van der Waals surface area contributed by atoms with Crippen molar-refractivity contribution in [1.29, 1.82) is 0 Å². The monoisotopic (exact) mass is 1210 g/mol. The fourth-order valence-corrected chi connectivity index (χ4v) is 9.64. The molecule has 0 aliphatic carbocycles. The van der Waals surface area contributed by atoms with E-state index in [4.69, 9.17) is 76.8 Å². The molecule has 25 heteroatoms. The van der Waals surface area contributed by atoms with E-state index in [2.05, 4.69) is 24.9 Å². The van der Waals surface area contributed by atoms with Gasteiger partial charge in [0.2, 0.25) is 0 Å². The van der Waals surface area contributed by atoms with Crippen molar-refractivity contribution in [2.45, 2.75) is 78.7 Å². The molecular formula is C62H75N7O18. The summed E-state index contributed by atoms with van der Waals surface area (Å²) in [4.78, 5) is 71.1. The lowest BCUT2D eigenvalue weighted by Crippen LogP contribution is -2.14. The first-order valence-electron chi connectivity index (χ1n) is 28.8. The Morgan fingerprint density at radius 3 is 1.55 bits per heavy atom. The van der Waals surface area contributed by atoms with E-state index in [1.165, 1.54) is 54.1 Å². The summed E-state index contributed by atoms with van der Waals surface area (Å²) in [5, 5.41) is 22.3. The summed E-state index contributed by atoms with van der Waals surface area (Å²) in [5.74, 6) is 0.968. The minimum atomic E-state index is -0.948. The van der Waals surface area contributed by atoms with E-state index in [0.717, 1.165) is 52.1 Å². The van der Waals surface area contributed by atoms with Crippen LogP contribution in [0.5, 0.6) is 23.0 Å². The minimum Gasteiger partial charge on any atom is -0.487 e. The lowest BCUT2D eigenvalue weighted by atomic mass is 9.93. The van der Waals surface area contributed by atoms with Gasteiger partial charge in [-0.05, 0) is 116 Å². The molecule has 3 aliphatic rings. The van der Waals surface area contributed by atoms with Crippen molar-refractivity contribution in [2.24, 2.45) is 20.0 Å². The van der Waals surface area contributed by atoms with Crippen molar-refractivity contribution >= 4 is 65.0 Å². The summed E-state index contributed by atoms with van der Waals surface area (Å²) < 4.78 is 67.1. The highest BCUT2D eigenvalue weighted by atomic mass is 16.7. The van der Waals surface area contributed by atoms with Gasteiger partial charge in [-0.15, -0.1) is 0 Å². The average molecular weight is 1210 g/mol. The normalized spacial score (nSPS) is 14.5. The maximum atomic E-state index is 12.8. The predicted molar refractivity (Wildman–Crippen MR) is 325 cm³/mol. The number of H-pyrrole nitrogens is 1. The molecule has 1 aromatic heterocycles. The Morgan fingerprint density at radius 2 is 1.07 bits per heavy atom. The summed E-state index contributed by atoms with van der Waals surface area (Å²) in [6, 6.07) is 13.5. The van der Waals surface area contributed by atoms with Crippen molar-refractivity contribution in [3.05, 3.63) is 131 Å². The van der Waals surface area contributed by atoms with Crippen molar-refractivity contribution in [2.75, 3.05) is 107 Å². The molecule has 87 heavy (non-hydrogen) atoms. The van der Waals surface area contributed by atoms with E-state index in [1.807, 2.05) is 13.8 Å². The number of nitro benzene ring substituents is 2.